The van der Waals surface area contributed by atoms with Gasteiger partial charge in [0.2, 0.25) is 0 Å². The topological polar surface area (TPSA) is 75.3 Å². The Kier molecular flexibility index (Phi) is 4.69. The van der Waals surface area contributed by atoms with Crippen molar-refractivity contribution in [2.75, 3.05) is 18.1 Å². The standard InChI is InChI=1S/C22H21N3O3/c1-14-15(2)24-21(23-14)17-7-9-18(10-8-17)22(27)28-13-20(26)25-12-11-16-5-3-4-6-19(16)25/h3-10H,11-13H2,1-2H3,(H,23,24). The zero-order chi connectivity index (χ0) is 19.7. The van der Waals surface area contributed by atoms with Gasteiger partial charge in [0.1, 0.15) is 5.82 Å². The van der Waals surface area contributed by atoms with Crippen LogP contribution in [0.2, 0.25) is 0 Å². The summed E-state index contributed by atoms with van der Waals surface area (Å²) in [6, 6.07) is 14.8. The second kappa shape index (κ2) is 7.31. The van der Waals surface area contributed by atoms with E-state index in [4.69, 9.17) is 4.74 Å². The highest BCUT2D eigenvalue weighted by Gasteiger charge is 2.25. The SMILES string of the molecule is Cc1nc(-c2ccc(C(=O)OCC(=O)N3CCc4ccccc43)cc2)[nH]c1C. The first kappa shape index (κ1) is 18.0. The van der Waals surface area contributed by atoms with E-state index in [0.29, 0.717) is 12.1 Å². The largest absolute Gasteiger partial charge is 0.452 e. The molecule has 0 spiro atoms. The molecule has 1 aliphatic heterocycles. The van der Waals surface area contributed by atoms with Gasteiger partial charge in [-0.05, 0) is 44.0 Å². The van der Waals surface area contributed by atoms with Crippen LogP contribution in [-0.2, 0) is 16.0 Å². The number of carbonyl (C=O) groups is 2. The lowest BCUT2D eigenvalue weighted by atomic mass is 10.1. The van der Waals surface area contributed by atoms with Crippen LogP contribution in [0, 0.1) is 13.8 Å². The fourth-order valence-corrected chi connectivity index (χ4v) is 3.33. The molecule has 0 radical (unpaired) electrons. The molecule has 1 aromatic heterocycles. The quantitative estimate of drug-likeness (QED) is 0.709. The van der Waals surface area contributed by atoms with Crippen molar-refractivity contribution in [1.29, 1.82) is 0 Å². The second-order valence-electron chi connectivity index (χ2n) is 6.87. The van der Waals surface area contributed by atoms with Gasteiger partial charge >= 0.3 is 5.97 Å². The van der Waals surface area contributed by atoms with Crippen LogP contribution in [-0.4, -0.2) is 35.0 Å². The number of aryl methyl sites for hydroxylation is 2. The zero-order valence-electron chi connectivity index (χ0n) is 15.9. The Morgan fingerprint density at radius 3 is 2.57 bits per heavy atom. The minimum atomic E-state index is -0.515. The number of nitrogens with zero attached hydrogens (tertiary/aromatic N) is 2. The first-order chi connectivity index (χ1) is 13.5. The molecule has 1 aliphatic rings. The third kappa shape index (κ3) is 3.41. The number of anilines is 1. The van der Waals surface area contributed by atoms with Crippen LogP contribution in [0.4, 0.5) is 5.69 Å². The number of carbonyl (C=O) groups excluding carboxylic acids is 2. The van der Waals surface area contributed by atoms with Crippen molar-refractivity contribution >= 4 is 17.6 Å². The van der Waals surface area contributed by atoms with Gasteiger partial charge in [-0.1, -0.05) is 30.3 Å². The van der Waals surface area contributed by atoms with Gasteiger partial charge in [0.15, 0.2) is 6.61 Å². The van der Waals surface area contributed by atoms with Gasteiger partial charge in [0, 0.05) is 23.5 Å². The average Bonchev–Trinajstić information content (AvgIpc) is 3.29. The predicted octanol–water partition coefficient (Wildman–Crippen LogP) is 3.44. The van der Waals surface area contributed by atoms with Crippen molar-refractivity contribution in [2.24, 2.45) is 0 Å². The minimum Gasteiger partial charge on any atom is -0.452 e. The molecule has 6 nitrogen and oxygen atoms in total. The lowest BCUT2D eigenvalue weighted by Crippen LogP contribution is -2.33. The number of fused-ring (bicyclic) bond motifs is 1. The Hall–Kier alpha value is -3.41. The van der Waals surface area contributed by atoms with Crippen LogP contribution < -0.4 is 4.90 Å². The normalized spacial score (nSPS) is 12.7. The predicted molar refractivity (Wildman–Crippen MR) is 106 cm³/mol. The van der Waals surface area contributed by atoms with Gasteiger partial charge in [0.25, 0.3) is 5.91 Å². The van der Waals surface area contributed by atoms with Crippen LogP contribution in [0.3, 0.4) is 0 Å². The number of hydrogen-bond acceptors (Lipinski definition) is 4. The number of aromatic nitrogens is 2. The first-order valence-corrected chi connectivity index (χ1v) is 9.22. The number of benzene rings is 2. The molecule has 3 aromatic rings. The van der Waals surface area contributed by atoms with Crippen LogP contribution in [0.5, 0.6) is 0 Å². The van der Waals surface area contributed by atoms with E-state index >= 15 is 0 Å². The van der Waals surface area contributed by atoms with Crippen molar-refractivity contribution in [2.45, 2.75) is 20.3 Å². The Labute approximate surface area is 163 Å². The maximum atomic E-state index is 12.5. The smallest absolute Gasteiger partial charge is 0.338 e. The summed E-state index contributed by atoms with van der Waals surface area (Å²) in [6.07, 6.45) is 0.822. The molecule has 2 heterocycles. The van der Waals surface area contributed by atoms with Gasteiger partial charge in [-0.25, -0.2) is 9.78 Å². The van der Waals surface area contributed by atoms with E-state index in [-0.39, 0.29) is 12.5 Å². The molecule has 0 atom stereocenters. The maximum absolute atomic E-state index is 12.5. The van der Waals surface area contributed by atoms with Crippen molar-refractivity contribution in [3.63, 3.8) is 0 Å². The molecular formula is C22H21N3O3. The molecule has 6 heteroatoms. The molecule has 1 amide bonds. The van der Waals surface area contributed by atoms with Gasteiger partial charge < -0.3 is 14.6 Å². The fraction of sp³-hybridized carbons (Fsp3) is 0.227. The molecule has 0 unspecified atom stereocenters. The van der Waals surface area contributed by atoms with Gasteiger partial charge in [0.05, 0.1) is 11.3 Å². The minimum absolute atomic E-state index is 0.212. The molecule has 0 bridgehead atoms. The third-order valence-corrected chi connectivity index (χ3v) is 5.04. The Balaban J connectivity index is 1.38. The van der Waals surface area contributed by atoms with Crippen molar-refractivity contribution < 1.29 is 14.3 Å². The van der Waals surface area contributed by atoms with Crippen molar-refractivity contribution in [3.05, 3.63) is 71.0 Å². The highest BCUT2D eigenvalue weighted by Crippen LogP contribution is 2.27. The number of rotatable bonds is 4. The van der Waals surface area contributed by atoms with E-state index in [2.05, 4.69) is 9.97 Å². The number of para-hydroxylation sites is 1. The van der Waals surface area contributed by atoms with Gasteiger partial charge in [-0.2, -0.15) is 0 Å². The summed E-state index contributed by atoms with van der Waals surface area (Å²) in [5, 5.41) is 0. The third-order valence-electron chi connectivity index (χ3n) is 5.04. The second-order valence-corrected chi connectivity index (χ2v) is 6.87. The van der Waals surface area contributed by atoms with E-state index in [9.17, 15) is 9.59 Å². The van der Waals surface area contributed by atoms with Crippen LogP contribution in [0.25, 0.3) is 11.4 Å². The highest BCUT2D eigenvalue weighted by molar-refractivity contribution is 5.98. The van der Waals surface area contributed by atoms with Crippen molar-refractivity contribution in [1.82, 2.24) is 9.97 Å². The van der Waals surface area contributed by atoms with E-state index in [0.717, 1.165) is 40.4 Å². The summed E-state index contributed by atoms with van der Waals surface area (Å²) >= 11 is 0. The van der Waals surface area contributed by atoms with Gasteiger partial charge in [-0.15, -0.1) is 0 Å². The summed E-state index contributed by atoms with van der Waals surface area (Å²) in [5.41, 5.74) is 5.29. The Bertz CT molecular complexity index is 1020. The number of H-pyrrole nitrogens is 1. The molecule has 0 aliphatic carbocycles. The average molecular weight is 375 g/mol. The van der Waals surface area contributed by atoms with E-state index in [1.807, 2.05) is 50.2 Å². The summed E-state index contributed by atoms with van der Waals surface area (Å²) in [7, 11) is 0. The molecule has 0 saturated heterocycles. The molecule has 142 valence electrons. The summed E-state index contributed by atoms with van der Waals surface area (Å²) in [5.74, 6) is 0.0356. The van der Waals surface area contributed by atoms with Crippen molar-refractivity contribution in [3.8, 4) is 11.4 Å². The van der Waals surface area contributed by atoms with E-state index in [1.54, 1.807) is 17.0 Å². The maximum Gasteiger partial charge on any atom is 0.338 e. The van der Waals surface area contributed by atoms with Crippen LogP contribution in [0.1, 0.15) is 27.3 Å². The number of aromatic amines is 1. The number of imidazole rings is 1. The number of nitrogens with one attached hydrogen (secondary N) is 1. The fourth-order valence-electron chi connectivity index (χ4n) is 3.33. The summed E-state index contributed by atoms with van der Waals surface area (Å²) in [6.45, 7) is 4.25. The van der Waals surface area contributed by atoms with E-state index in [1.165, 1.54) is 0 Å². The molecular weight excluding hydrogens is 354 g/mol. The number of amides is 1. The zero-order valence-corrected chi connectivity index (χ0v) is 15.9. The van der Waals surface area contributed by atoms with Crippen LogP contribution >= 0.6 is 0 Å². The molecule has 4 rings (SSSR count). The first-order valence-electron chi connectivity index (χ1n) is 9.22. The summed E-state index contributed by atoms with van der Waals surface area (Å²) in [4.78, 5) is 34.1. The highest BCUT2D eigenvalue weighted by atomic mass is 16.5. The Morgan fingerprint density at radius 2 is 1.86 bits per heavy atom. The number of hydrogen-bond donors (Lipinski definition) is 1. The number of ether oxygens (including phenoxy) is 1. The lowest BCUT2D eigenvalue weighted by molar-refractivity contribution is -0.121. The monoisotopic (exact) mass is 375 g/mol. The Morgan fingerprint density at radius 1 is 1.11 bits per heavy atom. The number of esters is 1. The lowest BCUT2D eigenvalue weighted by Gasteiger charge is -2.17. The summed E-state index contributed by atoms with van der Waals surface area (Å²) < 4.78 is 5.23. The molecule has 2 aromatic carbocycles. The molecule has 0 fully saturated rings. The molecule has 1 N–H and O–H groups in total. The van der Waals surface area contributed by atoms with E-state index < -0.39 is 5.97 Å². The van der Waals surface area contributed by atoms with Gasteiger partial charge in [-0.3, -0.25) is 4.79 Å². The molecule has 0 saturated carbocycles. The van der Waals surface area contributed by atoms with Crippen LogP contribution in [0.15, 0.2) is 48.5 Å². The molecule has 28 heavy (non-hydrogen) atoms.